The Hall–Kier alpha value is -2.56. The van der Waals surface area contributed by atoms with E-state index in [1.807, 2.05) is 11.0 Å². The lowest BCUT2D eigenvalue weighted by molar-refractivity contribution is -0.0423. The Morgan fingerprint density at radius 3 is 2.76 bits per heavy atom. The van der Waals surface area contributed by atoms with Crippen molar-refractivity contribution in [2.45, 2.75) is 26.6 Å². The molecule has 0 radical (unpaired) electrons. The highest BCUT2D eigenvalue weighted by atomic mass is 19.1. The van der Waals surface area contributed by atoms with Crippen molar-refractivity contribution in [1.29, 1.82) is 5.26 Å². The van der Waals surface area contributed by atoms with Gasteiger partial charge in [0.15, 0.2) is 0 Å². The molecule has 1 fully saturated rings. The van der Waals surface area contributed by atoms with E-state index in [0.717, 1.165) is 5.56 Å². The maximum Gasteiger partial charge on any atom is 0.286 e. The first-order chi connectivity index (χ1) is 12.0. The summed E-state index contributed by atoms with van der Waals surface area (Å²) in [6, 6.07) is 8.20. The van der Waals surface area contributed by atoms with Crippen LogP contribution >= 0.6 is 0 Å². The zero-order chi connectivity index (χ0) is 18.0. The molecule has 0 bridgehead atoms. The van der Waals surface area contributed by atoms with Crippen molar-refractivity contribution in [2.24, 2.45) is 0 Å². The molecule has 0 unspecified atom stereocenters. The van der Waals surface area contributed by atoms with Gasteiger partial charge in [-0.2, -0.15) is 10.4 Å². The van der Waals surface area contributed by atoms with Crippen LogP contribution in [-0.4, -0.2) is 34.4 Å². The Kier molecular flexibility index (Phi) is 4.93. The maximum atomic E-state index is 13.1. The molecule has 1 saturated heterocycles. The van der Waals surface area contributed by atoms with Crippen molar-refractivity contribution in [3.05, 3.63) is 62.8 Å². The highest BCUT2D eigenvalue weighted by Crippen LogP contribution is 2.22. The third-order valence-electron chi connectivity index (χ3n) is 4.47. The maximum absolute atomic E-state index is 13.1. The van der Waals surface area contributed by atoms with Gasteiger partial charge in [0.25, 0.3) is 5.56 Å². The van der Waals surface area contributed by atoms with Crippen LogP contribution in [-0.2, 0) is 11.4 Å². The average Bonchev–Trinajstić information content (AvgIpc) is 2.61. The SMILES string of the molecule is Cc1nn(CN2CCO[C@@H](c3ccc(F)cc3)C2)c(=O)c(C#N)c1C. The molecule has 3 rings (SSSR count). The first-order valence-corrected chi connectivity index (χ1v) is 8.07. The molecule has 1 atom stereocenters. The first kappa shape index (κ1) is 17.3. The van der Waals surface area contributed by atoms with Crippen molar-refractivity contribution < 1.29 is 9.13 Å². The fourth-order valence-corrected chi connectivity index (χ4v) is 2.90. The standard InChI is InChI=1S/C18H19FN4O2/c1-12-13(2)21-23(18(24)16(12)9-20)11-22-7-8-25-17(10-22)14-3-5-15(19)6-4-14/h3-6,17H,7-8,10-11H2,1-2H3/t17-/m1/s1. The Labute approximate surface area is 145 Å². The Morgan fingerprint density at radius 2 is 2.08 bits per heavy atom. The normalized spacial score (nSPS) is 18.1. The quantitative estimate of drug-likeness (QED) is 0.852. The molecule has 0 N–H and O–H groups in total. The summed E-state index contributed by atoms with van der Waals surface area (Å²) in [7, 11) is 0. The molecule has 0 amide bonds. The van der Waals surface area contributed by atoms with E-state index in [9.17, 15) is 14.4 Å². The van der Waals surface area contributed by atoms with E-state index in [-0.39, 0.29) is 29.7 Å². The number of nitrogens with zero attached hydrogens (tertiary/aromatic N) is 4. The van der Waals surface area contributed by atoms with Crippen LogP contribution in [0.2, 0.25) is 0 Å². The van der Waals surface area contributed by atoms with Gasteiger partial charge in [-0.05, 0) is 37.1 Å². The summed E-state index contributed by atoms with van der Waals surface area (Å²) < 4.78 is 20.2. The summed E-state index contributed by atoms with van der Waals surface area (Å²) in [5, 5.41) is 13.5. The molecule has 2 aromatic rings. The largest absolute Gasteiger partial charge is 0.371 e. The smallest absolute Gasteiger partial charge is 0.286 e. The van der Waals surface area contributed by atoms with E-state index >= 15 is 0 Å². The van der Waals surface area contributed by atoms with Gasteiger partial charge in [-0.15, -0.1) is 0 Å². The zero-order valence-corrected chi connectivity index (χ0v) is 14.2. The molecule has 0 spiro atoms. The molecule has 2 heterocycles. The van der Waals surface area contributed by atoms with E-state index in [2.05, 4.69) is 5.10 Å². The second kappa shape index (κ2) is 7.13. The molecule has 1 aromatic carbocycles. The second-order valence-corrected chi connectivity index (χ2v) is 6.13. The Morgan fingerprint density at radius 1 is 1.36 bits per heavy atom. The monoisotopic (exact) mass is 342 g/mol. The van der Waals surface area contributed by atoms with Crippen molar-refractivity contribution >= 4 is 0 Å². The summed E-state index contributed by atoms with van der Waals surface area (Å²) >= 11 is 0. The minimum Gasteiger partial charge on any atom is -0.371 e. The number of halogens is 1. The van der Waals surface area contributed by atoms with Crippen molar-refractivity contribution in [3.8, 4) is 6.07 Å². The van der Waals surface area contributed by atoms with E-state index < -0.39 is 0 Å². The topological polar surface area (TPSA) is 71.2 Å². The van der Waals surface area contributed by atoms with Gasteiger partial charge in [-0.25, -0.2) is 9.07 Å². The van der Waals surface area contributed by atoms with Crippen molar-refractivity contribution in [3.63, 3.8) is 0 Å². The number of nitriles is 1. The highest BCUT2D eigenvalue weighted by Gasteiger charge is 2.23. The number of morpholine rings is 1. The lowest BCUT2D eigenvalue weighted by Gasteiger charge is -2.33. The van der Waals surface area contributed by atoms with Gasteiger partial charge in [-0.3, -0.25) is 9.69 Å². The minimum absolute atomic E-state index is 0.135. The van der Waals surface area contributed by atoms with E-state index in [0.29, 0.717) is 31.0 Å². The summed E-state index contributed by atoms with van der Waals surface area (Å²) in [5.41, 5.74) is 1.94. The van der Waals surface area contributed by atoms with Gasteiger partial charge in [0, 0.05) is 13.1 Å². The number of benzene rings is 1. The molecule has 1 aromatic heterocycles. The lowest BCUT2D eigenvalue weighted by atomic mass is 10.1. The summed E-state index contributed by atoms with van der Waals surface area (Å²) in [4.78, 5) is 14.5. The van der Waals surface area contributed by atoms with Gasteiger partial charge < -0.3 is 4.74 Å². The Bertz CT molecular complexity index is 870. The third kappa shape index (κ3) is 3.60. The molecule has 7 heteroatoms. The summed E-state index contributed by atoms with van der Waals surface area (Å²) in [5.74, 6) is -0.286. The minimum atomic E-state index is -0.379. The van der Waals surface area contributed by atoms with Gasteiger partial charge in [0.1, 0.15) is 17.4 Å². The van der Waals surface area contributed by atoms with Crippen LogP contribution in [0.3, 0.4) is 0 Å². The fraction of sp³-hybridized carbons (Fsp3) is 0.389. The molecule has 130 valence electrons. The van der Waals surface area contributed by atoms with E-state index in [1.54, 1.807) is 26.0 Å². The molecular formula is C18H19FN4O2. The number of aromatic nitrogens is 2. The van der Waals surface area contributed by atoms with Crippen LogP contribution < -0.4 is 5.56 Å². The summed E-state index contributed by atoms with van der Waals surface area (Å²) in [6.45, 7) is 5.52. The number of ether oxygens (including phenoxy) is 1. The van der Waals surface area contributed by atoms with Crippen molar-refractivity contribution in [1.82, 2.24) is 14.7 Å². The molecule has 1 aliphatic rings. The first-order valence-electron chi connectivity index (χ1n) is 8.07. The molecule has 0 saturated carbocycles. The predicted molar refractivity (Wildman–Crippen MR) is 89.4 cm³/mol. The van der Waals surface area contributed by atoms with Crippen LogP contribution in [0.25, 0.3) is 0 Å². The molecule has 6 nitrogen and oxygen atoms in total. The van der Waals surface area contributed by atoms with Crippen LogP contribution in [0.4, 0.5) is 4.39 Å². The van der Waals surface area contributed by atoms with Gasteiger partial charge in [0.05, 0.1) is 25.1 Å². The van der Waals surface area contributed by atoms with Crippen LogP contribution in [0.5, 0.6) is 0 Å². The van der Waals surface area contributed by atoms with Crippen LogP contribution in [0.15, 0.2) is 29.1 Å². The number of rotatable bonds is 3. The second-order valence-electron chi connectivity index (χ2n) is 6.13. The van der Waals surface area contributed by atoms with Gasteiger partial charge >= 0.3 is 0 Å². The predicted octanol–water partition coefficient (Wildman–Crippen LogP) is 1.90. The number of aryl methyl sites for hydroxylation is 1. The van der Waals surface area contributed by atoms with Gasteiger partial charge in [-0.1, -0.05) is 12.1 Å². The number of hydrogen-bond donors (Lipinski definition) is 0. The highest BCUT2D eigenvalue weighted by molar-refractivity contribution is 5.36. The molecule has 0 aliphatic carbocycles. The number of hydrogen-bond acceptors (Lipinski definition) is 5. The fourth-order valence-electron chi connectivity index (χ4n) is 2.90. The van der Waals surface area contributed by atoms with Crippen molar-refractivity contribution in [2.75, 3.05) is 19.7 Å². The van der Waals surface area contributed by atoms with Crippen LogP contribution in [0, 0.1) is 31.0 Å². The average molecular weight is 342 g/mol. The van der Waals surface area contributed by atoms with E-state index in [4.69, 9.17) is 4.74 Å². The molecule has 1 aliphatic heterocycles. The van der Waals surface area contributed by atoms with E-state index in [1.165, 1.54) is 16.8 Å². The zero-order valence-electron chi connectivity index (χ0n) is 14.2. The lowest BCUT2D eigenvalue weighted by Crippen LogP contribution is -2.42. The van der Waals surface area contributed by atoms with Gasteiger partial charge in [0.2, 0.25) is 0 Å². The Balaban J connectivity index is 1.80. The third-order valence-corrected chi connectivity index (χ3v) is 4.47. The van der Waals surface area contributed by atoms with Crippen LogP contribution in [0.1, 0.15) is 28.5 Å². The molecule has 25 heavy (non-hydrogen) atoms. The molecular weight excluding hydrogens is 323 g/mol. The summed E-state index contributed by atoms with van der Waals surface area (Å²) in [6.07, 6.45) is -0.188.